The van der Waals surface area contributed by atoms with Crippen LogP contribution < -0.4 is 5.01 Å². The van der Waals surface area contributed by atoms with E-state index in [4.69, 9.17) is 22.1 Å². The number of β-amino-alcohol motifs (C(OH)–C–C–N with tert-alkyl or cyclic N) is 1. The number of anilines is 1. The standard InChI is InChI=1S/C23H34N2O5S/c1-2-11-23(12-5-13-23)21(29)17-7-9-18(10-8-17)25-22(31)19(26)15-24(25)16-30-14-4-3-6-20(27)28/h7-10,19,21,26,29H,2-6,11-16H2,1H3,(H,27,28). The molecule has 3 rings (SSSR count). The molecule has 1 saturated heterocycles. The highest BCUT2D eigenvalue weighted by atomic mass is 32.1. The molecular weight excluding hydrogens is 416 g/mol. The molecule has 2 atom stereocenters. The number of hydrogen-bond donors (Lipinski definition) is 3. The predicted molar refractivity (Wildman–Crippen MR) is 123 cm³/mol. The first kappa shape index (κ1) is 24.1. The number of benzene rings is 1. The largest absolute Gasteiger partial charge is 0.481 e. The van der Waals surface area contributed by atoms with Crippen LogP contribution in [0.25, 0.3) is 0 Å². The average Bonchev–Trinajstić information content (AvgIpc) is 3.00. The molecule has 3 N–H and O–H groups in total. The van der Waals surface area contributed by atoms with Crippen molar-refractivity contribution in [1.82, 2.24) is 5.01 Å². The molecule has 7 nitrogen and oxygen atoms in total. The number of carbonyl (C=O) groups is 1. The minimum Gasteiger partial charge on any atom is -0.481 e. The summed E-state index contributed by atoms with van der Waals surface area (Å²) in [6.07, 6.45) is 5.60. The van der Waals surface area contributed by atoms with E-state index < -0.39 is 18.2 Å². The molecule has 1 saturated carbocycles. The molecule has 0 radical (unpaired) electrons. The van der Waals surface area contributed by atoms with Crippen molar-refractivity contribution >= 4 is 28.9 Å². The third-order valence-corrected chi connectivity index (χ3v) is 6.91. The third-order valence-electron chi connectivity index (χ3n) is 6.46. The Hall–Kier alpha value is -1.58. The fraction of sp³-hybridized carbons (Fsp3) is 0.652. The number of rotatable bonds is 12. The van der Waals surface area contributed by atoms with Crippen LogP contribution in [0.3, 0.4) is 0 Å². The van der Waals surface area contributed by atoms with Crippen LogP contribution in [0.15, 0.2) is 24.3 Å². The van der Waals surface area contributed by atoms with E-state index >= 15 is 0 Å². The number of hydrazine groups is 1. The van der Waals surface area contributed by atoms with E-state index in [0.717, 1.165) is 36.9 Å². The van der Waals surface area contributed by atoms with Gasteiger partial charge in [0, 0.05) is 18.4 Å². The lowest BCUT2D eigenvalue weighted by atomic mass is 9.61. The molecule has 1 aromatic carbocycles. The smallest absolute Gasteiger partial charge is 0.303 e. The molecule has 0 spiro atoms. The quantitative estimate of drug-likeness (QED) is 0.328. The van der Waals surface area contributed by atoms with Gasteiger partial charge < -0.3 is 20.1 Å². The number of carboxylic acids is 1. The van der Waals surface area contributed by atoms with Gasteiger partial charge in [0.25, 0.3) is 0 Å². The molecule has 172 valence electrons. The van der Waals surface area contributed by atoms with E-state index in [1.54, 1.807) is 5.01 Å². The first-order valence-electron chi connectivity index (χ1n) is 11.2. The Balaban J connectivity index is 1.61. The van der Waals surface area contributed by atoms with Crippen molar-refractivity contribution in [3.05, 3.63) is 29.8 Å². The predicted octanol–water partition coefficient (Wildman–Crippen LogP) is 3.64. The van der Waals surface area contributed by atoms with Crippen LogP contribution in [0.2, 0.25) is 0 Å². The van der Waals surface area contributed by atoms with E-state index in [1.807, 2.05) is 29.3 Å². The highest BCUT2D eigenvalue weighted by molar-refractivity contribution is 7.80. The lowest BCUT2D eigenvalue weighted by Crippen LogP contribution is -2.40. The highest BCUT2D eigenvalue weighted by Gasteiger charge is 2.43. The van der Waals surface area contributed by atoms with E-state index in [-0.39, 0.29) is 18.6 Å². The van der Waals surface area contributed by atoms with Gasteiger partial charge in [0.05, 0.1) is 18.3 Å². The highest BCUT2D eigenvalue weighted by Crippen LogP contribution is 2.53. The van der Waals surface area contributed by atoms with Gasteiger partial charge in [0.2, 0.25) is 0 Å². The van der Waals surface area contributed by atoms with E-state index in [1.165, 1.54) is 6.42 Å². The van der Waals surface area contributed by atoms with Crippen molar-refractivity contribution in [2.45, 2.75) is 70.5 Å². The summed E-state index contributed by atoms with van der Waals surface area (Å²) in [6, 6.07) is 7.77. The minimum absolute atomic E-state index is 0.00984. The molecule has 2 unspecified atom stereocenters. The molecule has 2 fully saturated rings. The van der Waals surface area contributed by atoms with Gasteiger partial charge in [-0.3, -0.25) is 9.80 Å². The van der Waals surface area contributed by atoms with Crippen molar-refractivity contribution in [3.63, 3.8) is 0 Å². The Bertz CT molecular complexity index is 753. The molecular formula is C23H34N2O5S. The normalized spacial score (nSPS) is 21.8. The third kappa shape index (κ3) is 5.62. The summed E-state index contributed by atoms with van der Waals surface area (Å²) in [5.74, 6) is -0.800. The first-order valence-corrected chi connectivity index (χ1v) is 11.6. The number of nitrogens with zero attached hydrogens (tertiary/aromatic N) is 2. The van der Waals surface area contributed by atoms with Crippen molar-refractivity contribution in [3.8, 4) is 0 Å². The van der Waals surface area contributed by atoms with Crippen molar-refractivity contribution in [1.29, 1.82) is 0 Å². The fourth-order valence-electron chi connectivity index (χ4n) is 4.63. The molecule has 0 aromatic heterocycles. The molecule has 1 aromatic rings. The maximum Gasteiger partial charge on any atom is 0.303 e. The summed E-state index contributed by atoms with van der Waals surface area (Å²) in [5.41, 5.74) is 1.75. The van der Waals surface area contributed by atoms with Crippen molar-refractivity contribution in [2.24, 2.45) is 5.41 Å². The molecule has 0 bridgehead atoms. The molecule has 1 aliphatic carbocycles. The summed E-state index contributed by atoms with van der Waals surface area (Å²) in [6.45, 7) is 3.22. The monoisotopic (exact) mass is 450 g/mol. The van der Waals surface area contributed by atoms with Gasteiger partial charge in [-0.1, -0.05) is 44.1 Å². The molecule has 2 aliphatic rings. The van der Waals surface area contributed by atoms with Gasteiger partial charge in [-0.15, -0.1) is 0 Å². The summed E-state index contributed by atoms with van der Waals surface area (Å²) in [5, 5.41) is 33.6. The second kappa shape index (κ2) is 10.8. The number of aliphatic hydroxyl groups is 2. The number of aliphatic carboxylic acids is 1. The van der Waals surface area contributed by atoms with E-state index in [9.17, 15) is 15.0 Å². The van der Waals surface area contributed by atoms with E-state index in [2.05, 4.69) is 6.92 Å². The molecule has 1 aliphatic heterocycles. The summed E-state index contributed by atoms with van der Waals surface area (Å²) in [4.78, 5) is 11.0. The Kier molecular flexibility index (Phi) is 8.41. The Morgan fingerprint density at radius 2 is 2.00 bits per heavy atom. The summed E-state index contributed by atoms with van der Waals surface area (Å²) < 4.78 is 5.68. The zero-order valence-electron chi connectivity index (χ0n) is 18.2. The zero-order chi connectivity index (χ0) is 22.4. The maximum absolute atomic E-state index is 11.0. The van der Waals surface area contributed by atoms with Crippen LogP contribution in [0, 0.1) is 5.41 Å². The van der Waals surface area contributed by atoms with Crippen LogP contribution >= 0.6 is 12.2 Å². The Morgan fingerprint density at radius 1 is 1.29 bits per heavy atom. The van der Waals surface area contributed by atoms with Gasteiger partial charge in [-0.05, 0) is 49.8 Å². The Morgan fingerprint density at radius 3 is 2.58 bits per heavy atom. The maximum atomic E-state index is 11.0. The lowest BCUT2D eigenvalue weighted by molar-refractivity contribution is -0.137. The van der Waals surface area contributed by atoms with Crippen molar-refractivity contribution < 1.29 is 24.9 Å². The lowest BCUT2D eigenvalue weighted by Gasteiger charge is -2.46. The molecule has 0 amide bonds. The summed E-state index contributed by atoms with van der Waals surface area (Å²) in [7, 11) is 0. The minimum atomic E-state index is -0.800. The Labute approximate surface area is 189 Å². The molecule has 1 heterocycles. The van der Waals surface area contributed by atoms with Gasteiger partial charge in [-0.2, -0.15) is 5.01 Å². The molecule has 31 heavy (non-hydrogen) atoms. The summed E-state index contributed by atoms with van der Waals surface area (Å²) >= 11 is 5.44. The van der Waals surface area contributed by atoms with Crippen LogP contribution in [0.1, 0.15) is 70.0 Å². The van der Waals surface area contributed by atoms with Crippen LogP contribution in [-0.4, -0.2) is 57.3 Å². The van der Waals surface area contributed by atoms with Crippen molar-refractivity contribution in [2.75, 3.05) is 24.9 Å². The SMILES string of the molecule is CCCC1(C(O)c2ccc(N3C(=S)C(O)CN3COCCCCC(=O)O)cc2)CCC1. The number of ether oxygens (including phenoxy) is 1. The molecule has 8 heteroatoms. The van der Waals surface area contributed by atoms with E-state index in [0.29, 0.717) is 31.0 Å². The number of aliphatic hydroxyl groups excluding tert-OH is 2. The first-order chi connectivity index (χ1) is 14.9. The van der Waals surface area contributed by atoms with Crippen LogP contribution in [-0.2, 0) is 9.53 Å². The fourth-order valence-corrected chi connectivity index (χ4v) is 4.93. The van der Waals surface area contributed by atoms with Gasteiger partial charge in [0.1, 0.15) is 17.8 Å². The zero-order valence-corrected chi connectivity index (χ0v) is 19.0. The second-order valence-electron chi connectivity index (χ2n) is 8.70. The number of unbranched alkanes of at least 4 members (excludes halogenated alkanes) is 1. The van der Waals surface area contributed by atoms with Gasteiger partial charge in [0.15, 0.2) is 0 Å². The average molecular weight is 451 g/mol. The second-order valence-corrected chi connectivity index (χ2v) is 9.12. The van der Waals surface area contributed by atoms with Crippen LogP contribution in [0.5, 0.6) is 0 Å². The number of hydrogen-bond acceptors (Lipinski definition) is 6. The number of carboxylic acid groups (broad SMARTS) is 1. The topological polar surface area (TPSA) is 93.5 Å². The van der Waals surface area contributed by atoms with Gasteiger partial charge >= 0.3 is 5.97 Å². The van der Waals surface area contributed by atoms with Crippen LogP contribution in [0.4, 0.5) is 5.69 Å². The van der Waals surface area contributed by atoms with Gasteiger partial charge in [-0.25, -0.2) is 0 Å². The number of thiocarbonyl (C=S) groups is 1.